The Morgan fingerprint density at radius 2 is 1.60 bits per heavy atom. The Morgan fingerprint density at radius 1 is 1.04 bits per heavy atom. The zero-order valence-corrected chi connectivity index (χ0v) is 14.6. The van der Waals surface area contributed by atoms with Crippen molar-refractivity contribution in [1.29, 1.82) is 0 Å². The van der Waals surface area contributed by atoms with Gasteiger partial charge < -0.3 is 15.9 Å². The summed E-state index contributed by atoms with van der Waals surface area (Å²) in [7, 11) is 0. The van der Waals surface area contributed by atoms with Gasteiger partial charge in [-0.25, -0.2) is 0 Å². The minimum absolute atomic E-state index is 0.296. The molecule has 2 aromatic rings. The number of hydrogen-bond acceptors (Lipinski definition) is 4. The number of nitrogens with zero attached hydrogens (tertiary/aromatic N) is 1. The van der Waals surface area contributed by atoms with Crippen LogP contribution >= 0.6 is 0 Å². The molecule has 1 aliphatic rings. The molecule has 0 aliphatic heterocycles. The molecule has 0 amide bonds. The molecule has 3 rings (SSSR count). The van der Waals surface area contributed by atoms with Crippen LogP contribution in [0.3, 0.4) is 0 Å². The molecular formula is C19H24N2O4. The number of pyridine rings is 1. The van der Waals surface area contributed by atoms with Crippen LogP contribution in [0.15, 0.2) is 12.1 Å². The van der Waals surface area contributed by atoms with E-state index in [0.29, 0.717) is 0 Å². The molecule has 0 atom stereocenters. The van der Waals surface area contributed by atoms with Gasteiger partial charge in [0.25, 0.3) is 0 Å². The van der Waals surface area contributed by atoms with Gasteiger partial charge in [0.1, 0.15) is 0 Å². The number of aliphatic carboxylic acids is 2. The Morgan fingerprint density at radius 3 is 2.20 bits per heavy atom. The van der Waals surface area contributed by atoms with Gasteiger partial charge in [0.05, 0.1) is 18.4 Å². The van der Waals surface area contributed by atoms with E-state index >= 15 is 0 Å². The lowest BCUT2D eigenvalue weighted by molar-refractivity contribution is -0.143. The predicted octanol–water partition coefficient (Wildman–Crippen LogP) is 3.25. The van der Waals surface area contributed by atoms with Crippen molar-refractivity contribution in [2.45, 2.75) is 52.4 Å². The highest BCUT2D eigenvalue weighted by Gasteiger charge is 2.17. The fraction of sp³-hybridized carbons (Fsp3) is 0.421. The minimum Gasteiger partial charge on any atom is -0.481 e. The van der Waals surface area contributed by atoms with Crippen molar-refractivity contribution in [2.75, 3.05) is 5.73 Å². The normalized spacial score (nSPS) is 12.9. The molecule has 4 N–H and O–H groups in total. The van der Waals surface area contributed by atoms with Crippen LogP contribution in [0.25, 0.3) is 10.9 Å². The minimum atomic E-state index is -1.08. The summed E-state index contributed by atoms with van der Waals surface area (Å²) in [6.45, 7) is 4.23. The molecule has 1 aliphatic carbocycles. The van der Waals surface area contributed by atoms with Crippen LogP contribution < -0.4 is 5.73 Å². The number of nitrogens with two attached hydrogens (primary N) is 1. The number of nitrogen functional groups attached to an aromatic ring is 1. The van der Waals surface area contributed by atoms with E-state index in [9.17, 15) is 9.59 Å². The Hall–Kier alpha value is -2.63. The van der Waals surface area contributed by atoms with Gasteiger partial charge in [0.15, 0.2) is 0 Å². The van der Waals surface area contributed by atoms with Gasteiger partial charge in [-0.1, -0.05) is 12.1 Å². The monoisotopic (exact) mass is 344 g/mol. The highest BCUT2D eigenvalue weighted by Crippen LogP contribution is 2.33. The summed E-state index contributed by atoms with van der Waals surface area (Å²) in [5, 5.41) is 17.0. The summed E-state index contributed by atoms with van der Waals surface area (Å²) in [5.41, 5.74) is 13.4. The Bertz CT molecular complexity index is 801. The third-order valence-corrected chi connectivity index (χ3v) is 4.42. The topological polar surface area (TPSA) is 114 Å². The first kappa shape index (κ1) is 18.7. The number of rotatable bonds is 3. The third kappa shape index (κ3) is 4.47. The maximum atomic E-state index is 9.64. The van der Waals surface area contributed by atoms with Crippen LogP contribution in [-0.2, 0) is 22.4 Å². The Balaban J connectivity index is 0.000000242. The van der Waals surface area contributed by atoms with Crippen molar-refractivity contribution in [1.82, 2.24) is 4.98 Å². The van der Waals surface area contributed by atoms with Gasteiger partial charge in [0.2, 0.25) is 0 Å². The number of carboxylic acids is 2. The molecule has 6 heteroatoms. The van der Waals surface area contributed by atoms with Crippen LogP contribution in [0.2, 0.25) is 0 Å². The molecule has 0 unspecified atom stereocenters. The van der Waals surface area contributed by atoms with Gasteiger partial charge in [-0.05, 0) is 56.2 Å². The van der Waals surface area contributed by atoms with Crippen LogP contribution in [0.1, 0.15) is 48.1 Å². The van der Waals surface area contributed by atoms with Crippen LogP contribution in [0, 0.1) is 13.8 Å². The van der Waals surface area contributed by atoms with Gasteiger partial charge >= 0.3 is 11.9 Å². The van der Waals surface area contributed by atoms with Gasteiger partial charge in [-0.2, -0.15) is 0 Å². The van der Waals surface area contributed by atoms with Crippen LogP contribution in [0.5, 0.6) is 0 Å². The molecule has 1 aromatic heterocycles. The van der Waals surface area contributed by atoms with E-state index in [-0.39, 0.29) is 12.8 Å². The van der Waals surface area contributed by atoms with Crippen LogP contribution in [-0.4, -0.2) is 27.1 Å². The third-order valence-electron chi connectivity index (χ3n) is 4.42. The first-order valence-electron chi connectivity index (χ1n) is 8.42. The summed E-state index contributed by atoms with van der Waals surface area (Å²) in [6.07, 6.45) is 4.08. The molecule has 134 valence electrons. The summed E-state index contributed by atoms with van der Waals surface area (Å²) >= 11 is 0. The second-order valence-electron chi connectivity index (χ2n) is 6.37. The Kier molecular flexibility index (Phi) is 5.96. The molecular weight excluding hydrogens is 320 g/mol. The first-order valence-corrected chi connectivity index (χ1v) is 8.42. The number of hydrogen-bond donors (Lipinski definition) is 3. The second-order valence-corrected chi connectivity index (χ2v) is 6.37. The van der Waals surface area contributed by atoms with E-state index in [1.165, 1.54) is 40.6 Å². The lowest BCUT2D eigenvalue weighted by atomic mass is 9.91. The van der Waals surface area contributed by atoms with Crippen molar-refractivity contribution in [3.05, 3.63) is 34.5 Å². The number of aromatic nitrogens is 1. The number of anilines is 1. The average molecular weight is 344 g/mol. The van der Waals surface area contributed by atoms with Crippen molar-refractivity contribution in [3.63, 3.8) is 0 Å². The standard InChI is InChI=1S/C15H18N2.C4H6O4/c1-9-7-8-10(2)15-13(9)14(16)11-5-3-4-6-12(11)17-15;5-3(6)1-2-4(7)8/h7-8H,3-6H2,1-2H3,(H2,16,17);1-2H2,(H,5,6)(H,7,8). The summed E-state index contributed by atoms with van der Waals surface area (Å²) in [4.78, 5) is 24.1. The zero-order chi connectivity index (χ0) is 18.6. The van der Waals surface area contributed by atoms with Gasteiger partial charge in [-0.15, -0.1) is 0 Å². The van der Waals surface area contributed by atoms with E-state index in [4.69, 9.17) is 20.9 Å². The molecule has 0 saturated heterocycles. The first-order chi connectivity index (χ1) is 11.8. The quantitative estimate of drug-likeness (QED) is 0.787. The molecule has 0 radical (unpaired) electrons. The number of benzene rings is 1. The van der Waals surface area contributed by atoms with E-state index in [1.807, 2.05) is 0 Å². The van der Waals surface area contributed by atoms with E-state index in [1.54, 1.807) is 0 Å². The predicted molar refractivity (Wildman–Crippen MR) is 96.8 cm³/mol. The number of carbonyl (C=O) groups is 2. The molecule has 0 saturated carbocycles. The zero-order valence-electron chi connectivity index (χ0n) is 14.6. The SMILES string of the molecule is Cc1ccc(C)c2c(N)c3c(nc12)CCCC3.O=C(O)CCC(=O)O. The number of carboxylic acid groups (broad SMARTS) is 2. The Labute approximate surface area is 146 Å². The average Bonchev–Trinajstić information content (AvgIpc) is 2.57. The lowest BCUT2D eigenvalue weighted by Gasteiger charge is -2.20. The number of aryl methyl sites for hydroxylation is 3. The van der Waals surface area contributed by atoms with Crippen LogP contribution in [0.4, 0.5) is 5.69 Å². The van der Waals surface area contributed by atoms with Gasteiger partial charge in [0, 0.05) is 16.8 Å². The molecule has 1 aromatic carbocycles. The van der Waals surface area contributed by atoms with Crippen molar-refractivity contribution < 1.29 is 19.8 Å². The largest absolute Gasteiger partial charge is 0.481 e. The summed E-state index contributed by atoms with van der Waals surface area (Å²) < 4.78 is 0. The number of fused-ring (bicyclic) bond motifs is 2. The van der Waals surface area contributed by atoms with E-state index < -0.39 is 11.9 Å². The second kappa shape index (κ2) is 7.96. The van der Waals surface area contributed by atoms with E-state index in [0.717, 1.165) is 24.0 Å². The summed E-state index contributed by atoms with van der Waals surface area (Å²) in [5.74, 6) is -2.15. The van der Waals surface area contributed by atoms with Crippen molar-refractivity contribution in [2.24, 2.45) is 0 Å². The maximum Gasteiger partial charge on any atom is 0.303 e. The van der Waals surface area contributed by atoms with Crippen molar-refractivity contribution in [3.8, 4) is 0 Å². The highest BCUT2D eigenvalue weighted by molar-refractivity contribution is 5.96. The molecule has 0 spiro atoms. The highest BCUT2D eigenvalue weighted by atomic mass is 16.4. The fourth-order valence-corrected chi connectivity index (χ4v) is 3.08. The van der Waals surface area contributed by atoms with Gasteiger partial charge in [-0.3, -0.25) is 14.6 Å². The molecule has 6 nitrogen and oxygen atoms in total. The maximum absolute atomic E-state index is 9.64. The van der Waals surface area contributed by atoms with Crippen molar-refractivity contribution >= 4 is 28.5 Å². The molecule has 1 heterocycles. The smallest absolute Gasteiger partial charge is 0.303 e. The molecule has 0 bridgehead atoms. The van der Waals surface area contributed by atoms with E-state index in [2.05, 4.69) is 26.0 Å². The molecule has 25 heavy (non-hydrogen) atoms. The fourth-order valence-electron chi connectivity index (χ4n) is 3.08. The lowest BCUT2D eigenvalue weighted by Crippen LogP contribution is -2.10. The molecule has 0 fully saturated rings. The summed E-state index contributed by atoms with van der Waals surface area (Å²) in [6, 6.07) is 4.28.